The van der Waals surface area contributed by atoms with E-state index in [2.05, 4.69) is 47.8 Å². The van der Waals surface area contributed by atoms with Gasteiger partial charge in [0, 0.05) is 18.3 Å². The number of para-hydroxylation sites is 3. The maximum atomic E-state index is 11.5. The lowest BCUT2D eigenvalue weighted by Gasteiger charge is -2.15. The van der Waals surface area contributed by atoms with E-state index in [0.717, 1.165) is 28.0 Å². The molecule has 5 heteroatoms. The van der Waals surface area contributed by atoms with Gasteiger partial charge in [0.05, 0.1) is 22.4 Å². The number of nitrogens with zero attached hydrogens (tertiary/aromatic N) is 4. The van der Waals surface area contributed by atoms with Gasteiger partial charge in [-0.3, -0.25) is 0 Å². The maximum absolute atomic E-state index is 11.5. The molecular formula is C27H26N4O. The molecule has 5 rings (SSSR count). The second kappa shape index (κ2) is 8.09. The first kappa shape index (κ1) is 20.2. The molecule has 0 bridgehead atoms. The van der Waals surface area contributed by atoms with Gasteiger partial charge in [-0.2, -0.15) is 5.10 Å². The van der Waals surface area contributed by atoms with E-state index in [1.807, 2.05) is 66.3 Å². The fourth-order valence-corrected chi connectivity index (χ4v) is 4.20. The van der Waals surface area contributed by atoms with Crippen molar-refractivity contribution in [2.45, 2.75) is 33.4 Å². The highest BCUT2D eigenvalue weighted by atomic mass is 16.3. The van der Waals surface area contributed by atoms with Gasteiger partial charge in [-0.25, -0.2) is 9.67 Å². The molecule has 0 saturated carbocycles. The van der Waals surface area contributed by atoms with Crippen LogP contribution < -0.4 is 0 Å². The first-order valence-corrected chi connectivity index (χ1v) is 10.8. The van der Waals surface area contributed by atoms with Crippen molar-refractivity contribution in [2.24, 2.45) is 0 Å². The number of aryl methyl sites for hydroxylation is 3. The molecule has 1 N–H and O–H groups in total. The zero-order valence-electron chi connectivity index (χ0n) is 18.5. The van der Waals surface area contributed by atoms with Crippen molar-refractivity contribution < 1.29 is 5.11 Å². The van der Waals surface area contributed by atoms with Crippen LogP contribution in [0, 0.1) is 20.8 Å². The summed E-state index contributed by atoms with van der Waals surface area (Å²) in [6.45, 7) is 6.80. The Hall–Kier alpha value is -3.70. The van der Waals surface area contributed by atoms with E-state index in [9.17, 15) is 5.11 Å². The van der Waals surface area contributed by atoms with E-state index in [0.29, 0.717) is 12.4 Å². The summed E-state index contributed by atoms with van der Waals surface area (Å²) in [6, 6.07) is 24.5. The molecule has 0 aliphatic heterocycles. The van der Waals surface area contributed by atoms with E-state index in [1.54, 1.807) is 0 Å². The van der Waals surface area contributed by atoms with E-state index in [4.69, 9.17) is 4.98 Å². The molecule has 3 aromatic carbocycles. The third kappa shape index (κ3) is 3.61. The second-order valence-corrected chi connectivity index (χ2v) is 8.33. The van der Waals surface area contributed by atoms with Crippen molar-refractivity contribution in [1.29, 1.82) is 0 Å². The Bertz CT molecular complexity index is 1400. The van der Waals surface area contributed by atoms with Crippen molar-refractivity contribution in [3.05, 3.63) is 113 Å². The highest BCUT2D eigenvalue weighted by Gasteiger charge is 2.24. The predicted octanol–water partition coefficient (Wildman–Crippen LogP) is 5.28. The van der Waals surface area contributed by atoms with Gasteiger partial charge in [0.2, 0.25) is 0 Å². The minimum Gasteiger partial charge on any atom is -0.380 e. The first-order chi connectivity index (χ1) is 15.5. The molecule has 5 aromatic rings. The summed E-state index contributed by atoms with van der Waals surface area (Å²) in [5.41, 5.74) is 8.05. The number of rotatable bonds is 5. The lowest BCUT2D eigenvalue weighted by atomic mass is 10.1. The van der Waals surface area contributed by atoms with Crippen LogP contribution in [0.15, 0.2) is 79.0 Å². The summed E-state index contributed by atoms with van der Waals surface area (Å²) in [7, 11) is 0. The molecule has 0 fully saturated rings. The molecule has 2 heterocycles. The summed E-state index contributed by atoms with van der Waals surface area (Å²) in [5, 5.41) is 16.1. The van der Waals surface area contributed by atoms with Crippen LogP contribution in [0.1, 0.15) is 39.9 Å². The number of hydrogen-bond acceptors (Lipinski definition) is 3. The van der Waals surface area contributed by atoms with Crippen molar-refractivity contribution in [3.8, 4) is 5.69 Å². The fraction of sp³-hybridized carbons (Fsp3) is 0.185. The number of aliphatic hydroxyl groups is 1. The van der Waals surface area contributed by atoms with Crippen LogP contribution in [0.3, 0.4) is 0 Å². The van der Waals surface area contributed by atoms with Crippen LogP contribution in [-0.4, -0.2) is 24.4 Å². The zero-order chi connectivity index (χ0) is 22.2. The van der Waals surface area contributed by atoms with Crippen molar-refractivity contribution in [3.63, 3.8) is 0 Å². The summed E-state index contributed by atoms with van der Waals surface area (Å²) in [4.78, 5) is 4.84. The minimum atomic E-state index is -0.884. The molecule has 0 amide bonds. The Kier molecular flexibility index (Phi) is 5.11. The number of aromatic nitrogens is 4. The molecule has 5 nitrogen and oxygen atoms in total. The highest BCUT2D eigenvalue weighted by molar-refractivity contribution is 5.76. The molecule has 0 spiro atoms. The van der Waals surface area contributed by atoms with Crippen LogP contribution in [-0.2, 0) is 6.54 Å². The molecular weight excluding hydrogens is 396 g/mol. The summed E-state index contributed by atoms with van der Waals surface area (Å²) >= 11 is 0. The number of fused-ring (bicyclic) bond motifs is 1. The van der Waals surface area contributed by atoms with Crippen molar-refractivity contribution in [2.75, 3.05) is 0 Å². The molecule has 1 unspecified atom stereocenters. The van der Waals surface area contributed by atoms with E-state index < -0.39 is 6.10 Å². The lowest BCUT2D eigenvalue weighted by molar-refractivity contribution is 0.205. The van der Waals surface area contributed by atoms with Crippen molar-refractivity contribution >= 4 is 11.0 Å². The molecule has 0 saturated heterocycles. The number of hydrogen-bond donors (Lipinski definition) is 1. The zero-order valence-corrected chi connectivity index (χ0v) is 18.5. The smallest absolute Gasteiger partial charge is 0.143 e. The van der Waals surface area contributed by atoms with E-state index in [-0.39, 0.29) is 0 Å². The Labute approximate surface area is 187 Å². The van der Waals surface area contributed by atoms with Crippen LogP contribution in [0.25, 0.3) is 16.7 Å². The Balaban J connectivity index is 1.61. The normalized spacial score (nSPS) is 12.4. The Morgan fingerprint density at radius 3 is 2.47 bits per heavy atom. The van der Waals surface area contributed by atoms with Gasteiger partial charge in [0.1, 0.15) is 11.9 Å². The highest BCUT2D eigenvalue weighted by Crippen LogP contribution is 2.29. The maximum Gasteiger partial charge on any atom is 0.143 e. The van der Waals surface area contributed by atoms with Crippen LogP contribution in [0.4, 0.5) is 0 Å². The number of imidazole rings is 1. The van der Waals surface area contributed by atoms with E-state index >= 15 is 0 Å². The van der Waals surface area contributed by atoms with Crippen molar-refractivity contribution in [1.82, 2.24) is 19.3 Å². The third-order valence-electron chi connectivity index (χ3n) is 6.01. The number of benzene rings is 3. The molecule has 0 aliphatic carbocycles. The summed E-state index contributed by atoms with van der Waals surface area (Å²) < 4.78 is 3.94. The topological polar surface area (TPSA) is 55.9 Å². The van der Waals surface area contributed by atoms with Gasteiger partial charge < -0.3 is 9.67 Å². The molecule has 32 heavy (non-hydrogen) atoms. The lowest BCUT2D eigenvalue weighted by Crippen LogP contribution is -2.12. The molecule has 0 radical (unpaired) electrons. The van der Waals surface area contributed by atoms with Crippen LogP contribution in [0.5, 0.6) is 0 Å². The monoisotopic (exact) mass is 422 g/mol. The average molecular weight is 423 g/mol. The van der Waals surface area contributed by atoms with Gasteiger partial charge in [-0.05, 0) is 56.2 Å². The van der Waals surface area contributed by atoms with E-state index in [1.165, 1.54) is 16.7 Å². The Morgan fingerprint density at radius 1 is 0.906 bits per heavy atom. The third-order valence-corrected chi connectivity index (χ3v) is 6.01. The van der Waals surface area contributed by atoms with Crippen LogP contribution in [0.2, 0.25) is 0 Å². The first-order valence-electron chi connectivity index (χ1n) is 10.8. The predicted molar refractivity (Wildman–Crippen MR) is 127 cm³/mol. The second-order valence-electron chi connectivity index (χ2n) is 8.33. The summed E-state index contributed by atoms with van der Waals surface area (Å²) in [6.07, 6.45) is 1.02. The molecule has 0 aliphatic rings. The number of aliphatic hydroxyl groups excluding tert-OH is 1. The van der Waals surface area contributed by atoms with Gasteiger partial charge in [-0.1, -0.05) is 54.1 Å². The average Bonchev–Trinajstić information content (AvgIpc) is 3.37. The minimum absolute atomic E-state index is 0.628. The fourth-order valence-electron chi connectivity index (χ4n) is 4.20. The quantitative estimate of drug-likeness (QED) is 0.419. The van der Waals surface area contributed by atoms with Gasteiger partial charge in [-0.15, -0.1) is 0 Å². The molecule has 160 valence electrons. The largest absolute Gasteiger partial charge is 0.380 e. The van der Waals surface area contributed by atoms with Gasteiger partial charge in [0.15, 0.2) is 0 Å². The Morgan fingerprint density at radius 2 is 1.66 bits per heavy atom. The molecule has 2 aromatic heterocycles. The van der Waals surface area contributed by atoms with Gasteiger partial charge >= 0.3 is 0 Å². The standard InChI is InChI=1S/C27H26N4O/c1-18-13-14-19(2)21(15-18)16-30-25-12-8-7-11-24(25)28-27(30)26(32)23-17-31(29-20(23)3)22-9-5-4-6-10-22/h4-15,17,26,32H,16H2,1-3H3. The summed E-state index contributed by atoms with van der Waals surface area (Å²) in [5.74, 6) is 0.628. The van der Waals surface area contributed by atoms with Crippen LogP contribution >= 0.6 is 0 Å². The van der Waals surface area contributed by atoms with Gasteiger partial charge in [0.25, 0.3) is 0 Å². The molecule has 1 atom stereocenters. The SMILES string of the molecule is Cc1ccc(C)c(Cn2c(C(O)c3cn(-c4ccccc4)nc3C)nc3ccccc32)c1.